The van der Waals surface area contributed by atoms with Crippen molar-refractivity contribution in [1.29, 1.82) is 5.26 Å². The number of aryl methyl sites for hydroxylation is 2. The minimum absolute atomic E-state index is 0.0697. The van der Waals surface area contributed by atoms with Gasteiger partial charge in [-0.1, -0.05) is 12.1 Å². The van der Waals surface area contributed by atoms with Crippen LogP contribution in [0.15, 0.2) is 60.9 Å². The van der Waals surface area contributed by atoms with Gasteiger partial charge < -0.3 is 16.2 Å². The summed E-state index contributed by atoms with van der Waals surface area (Å²) >= 11 is 0. The van der Waals surface area contributed by atoms with E-state index in [0.717, 1.165) is 45.8 Å². The summed E-state index contributed by atoms with van der Waals surface area (Å²) in [6, 6.07) is 17.8. The number of rotatable bonds is 6. The van der Waals surface area contributed by atoms with Crippen molar-refractivity contribution in [3.8, 4) is 23.1 Å². The van der Waals surface area contributed by atoms with Crippen LogP contribution >= 0.6 is 0 Å². The molecule has 206 valence electrons. The first kappa shape index (κ1) is 26.3. The summed E-state index contributed by atoms with van der Waals surface area (Å²) in [5.41, 5.74) is 11.6. The number of hydrogen-bond acceptors (Lipinski definition) is 10. The van der Waals surface area contributed by atoms with Gasteiger partial charge in [-0.05, 0) is 61.4 Å². The molecule has 4 N–H and O–H groups in total. The fourth-order valence-corrected chi connectivity index (χ4v) is 5.16. The second kappa shape index (κ2) is 10.6. The minimum atomic E-state index is -1.09. The molecule has 0 spiro atoms. The molecule has 11 nitrogen and oxygen atoms in total. The molecule has 1 fully saturated rings. The van der Waals surface area contributed by atoms with E-state index in [1.165, 1.54) is 6.20 Å². The molecule has 5 aromatic rings. The van der Waals surface area contributed by atoms with Crippen molar-refractivity contribution < 1.29 is 5.11 Å². The van der Waals surface area contributed by atoms with Gasteiger partial charge in [-0.2, -0.15) is 5.26 Å². The Labute approximate surface area is 237 Å². The summed E-state index contributed by atoms with van der Waals surface area (Å²) < 4.78 is 2.04. The first-order valence-corrected chi connectivity index (χ1v) is 13.4. The van der Waals surface area contributed by atoms with Crippen LogP contribution in [-0.4, -0.2) is 58.3 Å². The maximum absolute atomic E-state index is 11.1. The fourth-order valence-electron chi connectivity index (χ4n) is 5.16. The van der Waals surface area contributed by atoms with Crippen molar-refractivity contribution in [2.75, 3.05) is 24.1 Å². The van der Waals surface area contributed by atoms with Gasteiger partial charge in [0.1, 0.15) is 28.9 Å². The molecule has 1 aliphatic heterocycles. The quantitative estimate of drug-likeness (QED) is 0.268. The van der Waals surface area contributed by atoms with Crippen molar-refractivity contribution in [2.45, 2.75) is 39.0 Å². The van der Waals surface area contributed by atoms with E-state index in [0.29, 0.717) is 43.4 Å². The van der Waals surface area contributed by atoms with Crippen molar-refractivity contribution in [1.82, 2.24) is 34.4 Å². The number of piperidine rings is 1. The number of fused-ring (bicyclic) bond motifs is 1. The highest BCUT2D eigenvalue weighted by molar-refractivity contribution is 5.83. The van der Waals surface area contributed by atoms with Gasteiger partial charge in [-0.3, -0.25) is 9.47 Å². The van der Waals surface area contributed by atoms with E-state index in [4.69, 9.17) is 21.0 Å². The zero-order chi connectivity index (χ0) is 28.6. The van der Waals surface area contributed by atoms with Gasteiger partial charge in [-0.15, -0.1) is 0 Å². The minimum Gasteiger partial charge on any atom is -0.383 e. The Morgan fingerprint density at radius 2 is 1.80 bits per heavy atom. The molecule has 0 unspecified atom stereocenters. The van der Waals surface area contributed by atoms with Crippen molar-refractivity contribution in [3.05, 3.63) is 83.6 Å². The van der Waals surface area contributed by atoms with E-state index in [-0.39, 0.29) is 5.82 Å². The Morgan fingerprint density at radius 3 is 2.54 bits per heavy atom. The molecule has 11 heteroatoms. The highest BCUT2D eigenvalue weighted by Gasteiger charge is 2.32. The number of nitrogens with zero attached hydrogens (tertiary/aromatic N) is 8. The van der Waals surface area contributed by atoms with Gasteiger partial charge in [0.25, 0.3) is 0 Å². The number of anilines is 2. The number of aromatic nitrogens is 6. The summed E-state index contributed by atoms with van der Waals surface area (Å²) in [6.07, 6.45) is 4.23. The number of pyridine rings is 2. The van der Waals surface area contributed by atoms with Crippen LogP contribution in [0.2, 0.25) is 0 Å². The molecule has 0 radical (unpaired) electrons. The van der Waals surface area contributed by atoms with Gasteiger partial charge in [0.2, 0.25) is 5.82 Å². The van der Waals surface area contributed by atoms with E-state index >= 15 is 0 Å². The van der Waals surface area contributed by atoms with Crippen LogP contribution in [0.5, 0.6) is 0 Å². The van der Waals surface area contributed by atoms with Gasteiger partial charge in [0.15, 0.2) is 11.5 Å². The SMILES string of the molecule is Cc1cc2nc(-c3cccnc3N)n(-c3ccc(CN4CCC(O)(Nc5ccnc(C#N)n5)CC4)cc3)c2nc1C. The van der Waals surface area contributed by atoms with Crippen molar-refractivity contribution >= 4 is 22.8 Å². The molecule has 0 bridgehead atoms. The van der Waals surface area contributed by atoms with Crippen LogP contribution in [-0.2, 0) is 6.54 Å². The van der Waals surface area contributed by atoms with E-state index in [2.05, 4.69) is 55.5 Å². The summed E-state index contributed by atoms with van der Waals surface area (Å²) in [4.78, 5) is 24.4. The molecule has 41 heavy (non-hydrogen) atoms. The molecule has 0 aliphatic carbocycles. The number of aliphatic hydroxyl groups is 1. The summed E-state index contributed by atoms with van der Waals surface area (Å²) in [6.45, 7) is 6.21. The first-order chi connectivity index (χ1) is 19.8. The van der Waals surface area contributed by atoms with Gasteiger partial charge >= 0.3 is 0 Å². The van der Waals surface area contributed by atoms with Gasteiger partial charge in [0.05, 0.1) is 5.56 Å². The smallest absolute Gasteiger partial charge is 0.234 e. The number of imidazole rings is 1. The Morgan fingerprint density at radius 1 is 1.02 bits per heavy atom. The molecule has 5 heterocycles. The third-order valence-electron chi connectivity index (χ3n) is 7.56. The second-order valence-corrected chi connectivity index (χ2v) is 10.4. The molecule has 0 atom stereocenters. The predicted molar refractivity (Wildman–Crippen MR) is 156 cm³/mol. The predicted octanol–water partition coefficient (Wildman–Crippen LogP) is 3.74. The summed E-state index contributed by atoms with van der Waals surface area (Å²) in [5.74, 6) is 1.63. The van der Waals surface area contributed by atoms with Crippen LogP contribution in [0.3, 0.4) is 0 Å². The first-order valence-electron chi connectivity index (χ1n) is 13.4. The van der Waals surface area contributed by atoms with E-state index in [1.807, 2.05) is 36.6 Å². The van der Waals surface area contributed by atoms with Crippen LogP contribution in [0.4, 0.5) is 11.6 Å². The standard InChI is InChI=1S/C30H30N10O/c1-19-16-24-29(35-20(19)2)40(28(36-24)23-4-3-12-34-27(23)32)22-7-5-21(6-8-22)18-39-14-10-30(41,11-15-39)38-25-9-13-33-26(17-31)37-25/h3-9,12-13,16,41H,10-11,14-15,18H2,1-2H3,(H2,32,34)(H,33,37,38). The summed E-state index contributed by atoms with van der Waals surface area (Å²) in [5, 5.41) is 23.2. The fraction of sp³-hybridized carbons (Fsp3) is 0.267. The number of hydrogen-bond donors (Lipinski definition) is 3. The molecule has 1 aromatic carbocycles. The lowest BCUT2D eigenvalue weighted by atomic mass is 9.99. The molecular weight excluding hydrogens is 516 g/mol. The van der Waals surface area contributed by atoms with Gasteiger partial charge in [-0.25, -0.2) is 24.9 Å². The molecule has 0 saturated carbocycles. The Bertz CT molecular complexity index is 1770. The lowest BCUT2D eigenvalue weighted by Gasteiger charge is -2.38. The molecule has 1 aliphatic rings. The van der Waals surface area contributed by atoms with Crippen molar-refractivity contribution in [2.24, 2.45) is 0 Å². The van der Waals surface area contributed by atoms with E-state index in [1.54, 1.807) is 12.3 Å². The highest BCUT2D eigenvalue weighted by Crippen LogP contribution is 2.31. The molecule has 4 aromatic heterocycles. The van der Waals surface area contributed by atoms with E-state index in [9.17, 15) is 5.11 Å². The normalized spacial score (nSPS) is 15.1. The topological polar surface area (TPSA) is 155 Å². The maximum atomic E-state index is 11.1. The number of likely N-dealkylation sites (tertiary alicyclic amines) is 1. The number of benzene rings is 1. The number of nitriles is 1. The average molecular weight is 547 g/mol. The zero-order valence-corrected chi connectivity index (χ0v) is 22.9. The van der Waals surface area contributed by atoms with E-state index < -0.39 is 5.72 Å². The zero-order valence-electron chi connectivity index (χ0n) is 22.9. The number of nitrogen functional groups attached to an aromatic ring is 1. The largest absolute Gasteiger partial charge is 0.383 e. The van der Waals surface area contributed by atoms with Gasteiger partial charge in [0, 0.05) is 56.3 Å². The third-order valence-corrected chi connectivity index (χ3v) is 7.56. The Balaban J connectivity index is 1.21. The van der Waals surface area contributed by atoms with Crippen molar-refractivity contribution in [3.63, 3.8) is 0 Å². The molecule has 6 rings (SSSR count). The average Bonchev–Trinajstić information content (AvgIpc) is 3.33. The molecule has 0 amide bonds. The number of nitrogens with two attached hydrogens (primary N) is 1. The number of nitrogens with one attached hydrogen (secondary N) is 1. The highest BCUT2D eigenvalue weighted by atomic mass is 16.3. The Kier molecular flexibility index (Phi) is 6.78. The lowest BCUT2D eigenvalue weighted by Crippen LogP contribution is -2.49. The lowest BCUT2D eigenvalue weighted by molar-refractivity contribution is 0.000196. The Hall–Kier alpha value is -4.92. The molecule has 1 saturated heterocycles. The van der Waals surface area contributed by atoms with Crippen LogP contribution in [0.25, 0.3) is 28.2 Å². The summed E-state index contributed by atoms with van der Waals surface area (Å²) in [7, 11) is 0. The molecular formula is C30H30N10O. The monoisotopic (exact) mass is 546 g/mol. The second-order valence-electron chi connectivity index (χ2n) is 10.4. The van der Waals surface area contributed by atoms with Crippen LogP contribution < -0.4 is 11.1 Å². The third kappa shape index (κ3) is 5.30. The van der Waals surface area contributed by atoms with Crippen LogP contribution in [0.1, 0.15) is 35.5 Å². The van der Waals surface area contributed by atoms with Crippen LogP contribution in [0, 0.1) is 25.2 Å². The maximum Gasteiger partial charge on any atom is 0.234 e.